The van der Waals surface area contributed by atoms with E-state index in [1.54, 1.807) is 7.05 Å². The van der Waals surface area contributed by atoms with E-state index in [1.165, 1.54) is 5.57 Å². The zero-order valence-electron chi connectivity index (χ0n) is 6.02. The van der Waals surface area contributed by atoms with Gasteiger partial charge in [-0.2, -0.15) is 0 Å². The molecule has 0 aromatic carbocycles. The Morgan fingerprint density at radius 3 is 1.88 bits per heavy atom. The maximum Gasteiger partial charge on any atom is 0.0313 e. The number of hydrogen-bond donors (Lipinski definition) is 0. The predicted octanol–water partition coefficient (Wildman–Crippen LogP) is 2.04. The molecule has 0 aliphatic heterocycles. The van der Waals surface area contributed by atoms with Crippen molar-refractivity contribution in [2.45, 2.75) is 20.8 Å². The minimum absolute atomic E-state index is 1.09. The van der Waals surface area contributed by atoms with Crippen molar-refractivity contribution in [2.75, 3.05) is 7.05 Å². The second kappa shape index (κ2) is 3.42. The van der Waals surface area contributed by atoms with Crippen LogP contribution >= 0.6 is 0 Å². The Balaban J connectivity index is 3.89. The average Bonchev–Trinajstić information content (AvgIpc) is 1.65. The van der Waals surface area contributed by atoms with Crippen molar-refractivity contribution < 1.29 is 0 Å². The predicted molar refractivity (Wildman–Crippen MR) is 38.5 cm³/mol. The van der Waals surface area contributed by atoms with Gasteiger partial charge in [-0.3, -0.25) is 4.99 Å². The van der Waals surface area contributed by atoms with E-state index in [0.29, 0.717) is 0 Å². The molecule has 0 unspecified atom stereocenters. The Kier molecular flexibility index (Phi) is 3.16. The van der Waals surface area contributed by atoms with Gasteiger partial charge in [0.1, 0.15) is 0 Å². The quantitative estimate of drug-likeness (QED) is 0.459. The highest BCUT2D eigenvalue weighted by molar-refractivity contribution is 5.93. The molecule has 1 nitrogen and oxygen atoms in total. The molecule has 0 amide bonds. The lowest BCUT2D eigenvalue weighted by molar-refractivity contribution is 1.37. The van der Waals surface area contributed by atoms with Gasteiger partial charge >= 0.3 is 0 Å². The fourth-order valence-corrected chi connectivity index (χ4v) is 0.482. The van der Waals surface area contributed by atoms with Crippen LogP contribution in [0.3, 0.4) is 0 Å². The second-order valence-corrected chi connectivity index (χ2v) is 2.09. The summed E-state index contributed by atoms with van der Waals surface area (Å²) in [7, 11) is 1.80. The fraction of sp³-hybridized carbons (Fsp3) is 0.571. The minimum atomic E-state index is 1.09. The van der Waals surface area contributed by atoms with Crippen molar-refractivity contribution in [3.05, 3.63) is 11.6 Å². The van der Waals surface area contributed by atoms with E-state index in [-0.39, 0.29) is 0 Å². The first-order valence-corrected chi connectivity index (χ1v) is 2.75. The normalized spacial score (nSPS) is 11.2. The van der Waals surface area contributed by atoms with Gasteiger partial charge in [-0.15, -0.1) is 0 Å². The molecule has 0 fully saturated rings. The third-order valence-corrected chi connectivity index (χ3v) is 0.850. The summed E-state index contributed by atoms with van der Waals surface area (Å²) in [6.45, 7) is 6.12. The monoisotopic (exact) mass is 111 g/mol. The van der Waals surface area contributed by atoms with E-state index in [9.17, 15) is 0 Å². The van der Waals surface area contributed by atoms with Gasteiger partial charge in [0.05, 0.1) is 0 Å². The standard InChI is InChI=1S/C7H13N/c1-6(2)5-7(3)8-4/h5H,1-4H3/b8-7+. The van der Waals surface area contributed by atoms with Crippen LogP contribution in [-0.2, 0) is 0 Å². The van der Waals surface area contributed by atoms with Gasteiger partial charge in [-0.1, -0.05) is 5.57 Å². The van der Waals surface area contributed by atoms with Crippen molar-refractivity contribution in [2.24, 2.45) is 4.99 Å². The van der Waals surface area contributed by atoms with Gasteiger partial charge in [0.25, 0.3) is 0 Å². The van der Waals surface area contributed by atoms with Crippen LogP contribution in [0.15, 0.2) is 16.6 Å². The zero-order chi connectivity index (χ0) is 6.57. The number of aliphatic imine (C=N–C) groups is 1. The third-order valence-electron chi connectivity index (χ3n) is 0.850. The Morgan fingerprint density at radius 2 is 1.75 bits per heavy atom. The van der Waals surface area contributed by atoms with Crippen LogP contribution in [0.25, 0.3) is 0 Å². The zero-order valence-corrected chi connectivity index (χ0v) is 6.02. The van der Waals surface area contributed by atoms with Gasteiger partial charge in [0.2, 0.25) is 0 Å². The van der Waals surface area contributed by atoms with Crippen LogP contribution in [0.5, 0.6) is 0 Å². The second-order valence-electron chi connectivity index (χ2n) is 2.09. The van der Waals surface area contributed by atoms with Crippen molar-refractivity contribution in [1.82, 2.24) is 0 Å². The van der Waals surface area contributed by atoms with Crippen LogP contribution in [0, 0.1) is 0 Å². The molecular formula is C7H13N. The molecule has 0 spiro atoms. The summed E-state index contributed by atoms with van der Waals surface area (Å²) in [5.74, 6) is 0. The summed E-state index contributed by atoms with van der Waals surface area (Å²) >= 11 is 0. The lowest BCUT2D eigenvalue weighted by atomic mass is 10.3. The summed E-state index contributed by atoms with van der Waals surface area (Å²) in [5, 5.41) is 0. The van der Waals surface area contributed by atoms with Crippen LogP contribution in [0.4, 0.5) is 0 Å². The van der Waals surface area contributed by atoms with Crippen LogP contribution < -0.4 is 0 Å². The molecule has 0 rings (SSSR count). The molecular weight excluding hydrogens is 98.1 g/mol. The Morgan fingerprint density at radius 1 is 1.25 bits per heavy atom. The molecule has 46 valence electrons. The molecule has 0 aliphatic rings. The molecule has 0 bridgehead atoms. The maximum atomic E-state index is 3.97. The Labute approximate surface area is 51.1 Å². The van der Waals surface area contributed by atoms with E-state index >= 15 is 0 Å². The van der Waals surface area contributed by atoms with Crippen molar-refractivity contribution in [3.8, 4) is 0 Å². The van der Waals surface area contributed by atoms with Gasteiger partial charge in [-0.25, -0.2) is 0 Å². The van der Waals surface area contributed by atoms with Crippen LogP contribution in [0.2, 0.25) is 0 Å². The van der Waals surface area contributed by atoms with Crippen LogP contribution in [0.1, 0.15) is 20.8 Å². The largest absolute Gasteiger partial charge is 0.293 e. The van der Waals surface area contributed by atoms with Gasteiger partial charge < -0.3 is 0 Å². The van der Waals surface area contributed by atoms with E-state index in [2.05, 4.69) is 24.9 Å². The fourth-order valence-electron chi connectivity index (χ4n) is 0.482. The molecule has 8 heavy (non-hydrogen) atoms. The molecule has 0 saturated carbocycles. The van der Waals surface area contributed by atoms with Crippen molar-refractivity contribution in [1.29, 1.82) is 0 Å². The summed E-state index contributed by atoms with van der Waals surface area (Å²) in [5.41, 5.74) is 2.39. The van der Waals surface area contributed by atoms with E-state index in [1.807, 2.05) is 6.92 Å². The topological polar surface area (TPSA) is 12.4 Å². The van der Waals surface area contributed by atoms with Crippen molar-refractivity contribution >= 4 is 5.71 Å². The first kappa shape index (κ1) is 7.41. The number of hydrogen-bond acceptors (Lipinski definition) is 1. The number of allylic oxidation sites excluding steroid dienone is 2. The molecule has 0 aromatic heterocycles. The van der Waals surface area contributed by atoms with E-state index in [4.69, 9.17) is 0 Å². The highest BCUT2D eigenvalue weighted by atomic mass is 14.7. The molecule has 0 N–H and O–H groups in total. The molecule has 0 aliphatic carbocycles. The SMILES string of the molecule is C/N=C(\C)C=C(C)C. The molecule has 0 saturated heterocycles. The number of rotatable bonds is 1. The maximum absolute atomic E-state index is 3.97. The third kappa shape index (κ3) is 3.59. The van der Waals surface area contributed by atoms with Crippen molar-refractivity contribution in [3.63, 3.8) is 0 Å². The highest BCUT2D eigenvalue weighted by Gasteiger charge is 1.78. The first-order valence-electron chi connectivity index (χ1n) is 2.75. The Hall–Kier alpha value is -0.590. The lowest BCUT2D eigenvalue weighted by Crippen LogP contribution is -1.83. The summed E-state index contributed by atoms with van der Waals surface area (Å²) in [6, 6.07) is 0. The molecule has 0 aromatic rings. The summed E-state index contributed by atoms with van der Waals surface area (Å²) < 4.78 is 0. The van der Waals surface area contributed by atoms with Gasteiger partial charge in [0, 0.05) is 12.8 Å². The molecule has 0 radical (unpaired) electrons. The molecule has 0 atom stereocenters. The summed E-state index contributed by atoms with van der Waals surface area (Å²) in [6.07, 6.45) is 2.06. The average molecular weight is 111 g/mol. The van der Waals surface area contributed by atoms with E-state index in [0.717, 1.165) is 5.71 Å². The summed E-state index contributed by atoms with van der Waals surface area (Å²) in [4.78, 5) is 3.97. The molecule has 1 heteroatoms. The van der Waals surface area contributed by atoms with Gasteiger partial charge in [0.15, 0.2) is 0 Å². The minimum Gasteiger partial charge on any atom is -0.293 e. The lowest BCUT2D eigenvalue weighted by Gasteiger charge is -1.87. The molecule has 0 heterocycles. The van der Waals surface area contributed by atoms with Gasteiger partial charge in [-0.05, 0) is 26.8 Å². The Bertz CT molecular complexity index is 116. The van der Waals surface area contributed by atoms with E-state index < -0.39 is 0 Å². The highest BCUT2D eigenvalue weighted by Crippen LogP contribution is 1.88. The van der Waals surface area contributed by atoms with Crippen LogP contribution in [-0.4, -0.2) is 12.8 Å². The smallest absolute Gasteiger partial charge is 0.0313 e. The number of nitrogens with zero attached hydrogens (tertiary/aromatic N) is 1. The first-order chi connectivity index (χ1) is 3.66.